The van der Waals surface area contributed by atoms with Gasteiger partial charge in [-0.05, 0) is 37.8 Å². The normalized spacial score (nSPS) is 20.4. The number of fused-ring (bicyclic) bond motifs is 1. The second kappa shape index (κ2) is 11.0. The zero-order chi connectivity index (χ0) is 23.2. The number of ether oxygens (including phenoxy) is 1. The first-order valence-electron chi connectivity index (χ1n) is 12.8. The summed E-state index contributed by atoms with van der Waals surface area (Å²) >= 11 is 0. The summed E-state index contributed by atoms with van der Waals surface area (Å²) in [5, 5.41) is 6.60. The molecule has 3 aliphatic rings. The molecular weight excluding hydrogens is 430 g/mol. The third kappa shape index (κ3) is 5.41. The Morgan fingerprint density at radius 1 is 0.971 bits per heavy atom. The van der Waals surface area contributed by atoms with Gasteiger partial charge in [0.05, 0.1) is 24.7 Å². The largest absolute Gasteiger partial charge is 0.488 e. The number of pyridine rings is 1. The van der Waals surface area contributed by atoms with Crippen LogP contribution in [0.1, 0.15) is 57.8 Å². The molecule has 1 saturated carbocycles. The lowest BCUT2D eigenvalue weighted by atomic mass is 10.1. The van der Waals surface area contributed by atoms with Crippen LogP contribution in [0.3, 0.4) is 0 Å². The fourth-order valence-corrected chi connectivity index (χ4v) is 5.07. The molecule has 0 bridgehead atoms. The van der Waals surface area contributed by atoms with Crippen LogP contribution in [0.5, 0.6) is 5.75 Å². The van der Waals surface area contributed by atoms with Gasteiger partial charge in [-0.25, -0.2) is 9.97 Å². The monoisotopic (exact) mass is 465 g/mol. The molecule has 0 atom stereocenters. The van der Waals surface area contributed by atoms with Gasteiger partial charge in [-0.1, -0.05) is 25.7 Å². The average molecular weight is 466 g/mol. The molecule has 2 aromatic rings. The lowest BCUT2D eigenvalue weighted by molar-refractivity contribution is -0.119. The number of hydrogen-bond acceptors (Lipinski definition) is 8. The minimum atomic E-state index is 0.141. The first-order chi connectivity index (χ1) is 16.8. The number of anilines is 4. The van der Waals surface area contributed by atoms with Gasteiger partial charge in [0.15, 0.2) is 11.6 Å². The van der Waals surface area contributed by atoms with E-state index in [1.165, 1.54) is 0 Å². The average Bonchev–Trinajstić information content (AvgIpc) is 3.39. The fraction of sp³-hybridized carbons (Fsp3) is 0.600. The Hall–Kier alpha value is -2.94. The van der Waals surface area contributed by atoms with E-state index in [2.05, 4.69) is 31.6 Å². The number of hydrogen-bond donors (Lipinski definition) is 2. The fourth-order valence-electron chi connectivity index (χ4n) is 5.07. The molecule has 1 aliphatic carbocycles. The molecule has 5 rings (SSSR count). The van der Waals surface area contributed by atoms with Crippen LogP contribution in [0.15, 0.2) is 24.5 Å². The lowest BCUT2D eigenvalue weighted by Gasteiger charge is -2.29. The summed E-state index contributed by atoms with van der Waals surface area (Å²) in [6, 6.07) is 4.20. The van der Waals surface area contributed by atoms with Crippen molar-refractivity contribution in [2.45, 2.75) is 63.8 Å². The number of carbonyl (C=O) groups is 1. The highest BCUT2D eigenvalue weighted by Crippen LogP contribution is 2.35. The predicted octanol–water partition coefficient (Wildman–Crippen LogP) is 3.64. The van der Waals surface area contributed by atoms with Crippen LogP contribution in [0, 0.1) is 0 Å². The highest BCUT2D eigenvalue weighted by Gasteiger charge is 2.31. The Kier molecular flexibility index (Phi) is 7.38. The summed E-state index contributed by atoms with van der Waals surface area (Å²) in [6.45, 7) is 4.55. The van der Waals surface area contributed by atoms with Crippen LogP contribution in [0.4, 0.5) is 23.3 Å². The standard InChI is InChI=1S/C25H35N7O2/c33-23-9-3-1-2-6-16-34-21-18-28-25(30-24(21)32(23)19-7-4-5-8-19)29-22-11-10-20(17-27-22)31-14-12-26-13-15-31/h10-11,17-19,26H,1-9,12-16H2,(H,27,28,29,30). The van der Waals surface area contributed by atoms with E-state index in [4.69, 9.17) is 9.72 Å². The van der Waals surface area contributed by atoms with Crippen molar-refractivity contribution < 1.29 is 9.53 Å². The van der Waals surface area contributed by atoms with Crippen LogP contribution >= 0.6 is 0 Å². The van der Waals surface area contributed by atoms with Crippen molar-refractivity contribution >= 4 is 29.2 Å². The van der Waals surface area contributed by atoms with E-state index in [0.29, 0.717) is 36.4 Å². The molecule has 2 N–H and O–H groups in total. The topological polar surface area (TPSA) is 95.5 Å². The summed E-state index contributed by atoms with van der Waals surface area (Å²) in [6.07, 6.45) is 12.5. The second-order valence-electron chi connectivity index (χ2n) is 9.36. The van der Waals surface area contributed by atoms with Crippen LogP contribution in [0.2, 0.25) is 0 Å². The summed E-state index contributed by atoms with van der Waals surface area (Å²) < 4.78 is 6.07. The smallest absolute Gasteiger partial charge is 0.230 e. The molecule has 0 spiro atoms. The van der Waals surface area contributed by atoms with Gasteiger partial charge >= 0.3 is 0 Å². The third-order valence-corrected chi connectivity index (χ3v) is 6.94. The van der Waals surface area contributed by atoms with E-state index in [9.17, 15) is 4.79 Å². The molecule has 2 aliphatic heterocycles. The summed E-state index contributed by atoms with van der Waals surface area (Å²) in [5.74, 6) is 2.43. The Balaban J connectivity index is 1.39. The van der Waals surface area contributed by atoms with E-state index < -0.39 is 0 Å². The van der Waals surface area contributed by atoms with E-state index in [0.717, 1.165) is 83.2 Å². The zero-order valence-electron chi connectivity index (χ0n) is 19.8. The van der Waals surface area contributed by atoms with Gasteiger partial charge in [-0.15, -0.1) is 0 Å². The Morgan fingerprint density at radius 2 is 1.79 bits per heavy atom. The maximum Gasteiger partial charge on any atom is 0.230 e. The Morgan fingerprint density at radius 3 is 2.59 bits per heavy atom. The summed E-state index contributed by atoms with van der Waals surface area (Å²) in [5.41, 5.74) is 1.11. The SMILES string of the molecule is O=C1CCCCCCOc2cnc(Nc3ccc(N4CCNCC4)cn3)nc2N1C1CCCC1. The summed E-state index contributed by atoms with van der Waals surface area (Å²) in [4.78, 5) is 31.4. The molecule has 9 nitrogen and oxygen atoms in total. The molecule has 9 heteroatoms. The van der Waals surface area contributed by atoms with Crippen LogP contribution in [0.25, 0.3) is 0 Å². The first-order valence-corrected chi connectivity index (χ1v) is 12.8. The van der Waals surface area contributed by atoms with E-state index in [1.807, 2.05) is 17.2 Å². The van der Waals surface area contributed by atoms with Crippen molar-refractivity contribution in [2.75, 3.05) is 47.9 Å². The zero-order valence-corrected chi connectivity index (χ0v) is 19.8. The number of rotatable bonds is 4. The minimum Gasteiger partial charge on any atom is -0.488 e. The minimum absolute atomic E-state index is 0.141. The number of aromatic nitrogens is 3. The van der Waals surface area contributed by atoms with E-state index in [-0.39, 0.29) is 11.9 Å². The molecule has 0 aromatic carbocycles. The number of amides is 1. The lowest BCUT2D eigenvalue weighted by Crippen LogP contribution is -2.43. The van der Waals surface area contributed by atoms with Gasteiger partial charge in [-0.3, -0.25) is 9.69 Å². The van der Waals surface area contributed by atoms with Crippen molar-refractivity contribution in [2.24, 2.45) is 0 Å². The van der Waals surface area contributed by atoms with Gasteiger partial charge in [0, 0.05) is 38.6 Å². The van der Waals surface area contributed by atoms with Crippen molar-refractivity contribution in [1.82, 2.24) is 20.3 Å². The highest BCUT2D eigenvalue weighted by atomic mass is 16.5. The molecule has 2 fully saturated rings. The molecule has 0 radical (unpaired) electrons. The van der Waals surface area contributed by atoms with Crippen molar-refractivity contribution in [1.29, 1.82) is 0 Å². The quantitative estimate of drug-likeness (QED) is 0.707. The van der Waals surface area contributed by atoms with Gasteiger partial charge in [0.1, 0.15) is 5.82 Å². The highest BCUT2D eigenvalue weighted by molar-refractivity contribution is 5.94. The maximum atomic E-state index is 13.3. The van der Waals surface area contributed by atoms with Gasteiger partial charge in [0.25, 0.3) is 0 Å². The molecule has 182 valence electrons. The van der Waals surface area contributed by atoms with Gasteiger partial charge < -0.3 is 20.3 Å². The molecule has 34 heavy (non-hydrogen) atoms. The van der Waals surface area contributed by atoms with Crippen LogP contribution < -0.4 is 25.2 Å². The molecular formula is C25H35N7O2. The first kappa shape index (κ1) is 22.8. The van der Waals surface area contributed by atoms with E-state index in [1.54, 1.807) is 6.20 Å². The van der Waals surface area contributed by atoms with E-state index >= 15 is 0 Å². The molecule has 1 saturated heterocycles. The van der Waals surface area contributed by atoms with Crippen molar-refractivity contribution in [3.05, 3.63) is 24.5 Å². The molecule has 1 amide bonds. The second-order valence-corrected chi connectivity index (χ2v) is 9.36. The van der Waals surface area contributed by atoms with Gasteiger partial charge in [0.2, 0.25) is 11.9 Å². The Labute approximate surface area is 201 Å². The number of nitrogens with zero attached hydrogens (tertiary/aromatic N) is 5. The van der Waals surface area contributed by atoms with Crippen molar-refractivity contribution in [3.8, 4) is 5.75 Å². The maximum absolute atomic E-state index is 13.3. The predicted molar refractivity (Wildman–Crippen MR) is 133 cm³/mol. The van der Waals surface area contributed by atoms with Gasteiger partial charge in [-0.2, -0.15) is 4.98 Å². The molecule has 4 heterocycles. The van der Waals surface area contributed by atoms with Crippen LogP contribution in [-0.2, 0) is 4.79 Å². The van der Waals surface area contributed by atoms with Crippen molar-refractivity contribution in [3.63, 3.8) is 0 Å². The molecule has 0 unspecified atom stereocenters. The number of piperazine rings is 1. The number of carbonyl (C=O) groups excluding carboxylic acids is 1. The summed E-state index contributed by atoms with van der Waals surface area (Å²) in [7, 11) is 0. The number of nitrogens with one attached hydrogen (secondary N) is 2. The Bertz CT molecular complexity index is 956. The van der Waals surface area contributed by atoms with Crippen LogP contribution in [-0.4, -0.2) is 59.7 Å². The third-order valence-electron chi connectivity index (χ3n) is 6.94. The molecule has 2 aromatic heterocycles.